The maximum Gasteiger partial charge on any atom is 0.520 e. The van der Waals surface area contributed by atoms with E-state index < -0.39 is 44.2 Å². The zero-order valence-electron chi connectivity index (χ0n) is 46.3. The molecule has 0 bridgehead atoms. The molecule has 0 unspecified atom stereocenters. The largest absolute Gasteiger partial charge is 0.520 e. The van der Waals surface area contributed by atoms with E-state index in [0.717, 1.165) is 154 Å². The molecule has 0 aromatic rings. The molecule has 0 aliphatic carbocycles. The fourth-order valence-corrected chi connectivity index (χ4v) is 32.4. The van der Waals surface area contributed by atoms with E-state index in [-0.39, 0.29) is 0 Å². The van der Waals surface area contributed by atoms with Gasteiger partial charge in [-0.3, -0.25) is 0 Å². The van der Waals surface area contributed by atoms with Gasteiger partial charge in [-0.25, -0.2) is 0 Å². The van der Waals surface area contributed by atoms with Gasteiger partial charge in [-0.05, 0) is 77.0 Å². The van der Waals surface area contributed by atoms with E-state index in [1.165, 1.54) is 0 Å². The van der Waals surface area contributed by atoms with Crippen LogP contribution in [0.15, 0.2) is 0 Å². The Hall–Kier alpha value is 1.09. The van der Waals surface area contributed by atoms with E-state index in [0.29, 0.717) is 79.3 Å². The number of hydrogen-bond acceptors (Lipinski definition) is 14. The van der Waals surface area contributed by atoms with Crippen LogP contribution in [0.3, 0.4) is 0 Å². The summed E-state index contributed by atoms with van der Waals surface area (Å²) in [6, 6.07) is 0. The van der Waals surface area contributed by atoms with Crippen molar-refractivity contribution in [2.45, 2.75) is 246 Å². The summed E-state index contributed by atoms with van der Waals surface area (Å²) in [5, 5.41) is 0. The Morgan fingerprint density at radius 1 is 0.206 bits per heavy atom. The van der Waals surface area contributed by atoms with Gasteiger partial charge in [0, 0.05) is 79.3 Å². The summed E-state index contributed by atoms with van der Waals surface area (Å²) < 4.78 is 86.7. The Morgan fingerprint density at radius 2 is 0.309 bits per heavy atom. The van der Waals surface area contributed by atoms with Gasteiger partial charge in [-0.2, -0.15) is 0 Å². The van der Waals surface area contributed by atoms with Crippen LogP contribution in [0.1, 0.15) is 237 Å². The van der Waals surface area contributed by atoms with Gasteiger partial charge in [0.15, 0.2) is 8.99 Å². The zero-order chi connectivity index (χ0) is 50.5. The molecule has 0 aliphatic heterocycles. The number of rotatable bonds is 55. The number of unbranched alkanes of at least 4 members (excludes halogenated alkanes) is 12. The molecule has 0 aliphatic rings. The predicted octanol–water partition coefficient (Wildman–Crippen LogP) is 14.8. The molecule has 0 spiro atoms. The first-order valence-electron chi connectivity index (χ1n) is 28.2. The monoisotopic (exact) mass is 1080 g/mol. The van der Waals surface area contributed by atoms with Crippen molar-refractivity contribution in [2.75, 3.05) is 79.3 Å². The number of hydrogen-bond donors (Lipinski definition) is 0. The quantitative estimate of drug-likeness (QED) is 0.0327. The van der Waals surface area contributed by atoms with Crippen LogP contribution in [0, 0.1) is 0 Å². The molecule has 0 aromatic carbocycles. The molecule has 18 heteroatoms. The standard InChI is InChI=1S/C50H110O12S2Si4/c1-13-25-37-51-65(52-38-26-14-2,53-39-27-15-3)49(66(54-40-28-16-4,55-41-29-17-5)56-42-30-18-6)63-64-50(67(57-43-31-19-7,58-44-32-20-8)59-45-33-21-9)68(60-46-34-22-10,61-47-35-23-11)62-48-36-24-12/h49-50H,13-48H2,1-12H3. The molecule has 68 heavy (non-hydrogen) atoms. The molecule has 410 valence electrons. The summed E-state index contributed by atoms with van der Waals surface area (Å²) in [6.45, 7) is 32.3. The Kier molecular flexibility index (Phi) is 47.4. The topological polar surface area (TPSA) is 111 Å². The third-order valence-corrected chi connectivity index (χ3v) is 34.1. The van der Waals surface area contributed by atoms with Crippen LogP contribution in [-0.4, -0.2) is 123 Å². The Morgan fingerprint density at radius 3 is 0.397 bits per heavy atom. The van der Waals surface area contributed by atoms with Crippen molar-refractivity contribution < 1.29 is 53.1 Å². The maximum absolute atomic E-state index is 7.32. The van der Waals surface area contributed by atoms with Crippen LogP contribution < -0.4 is 0 Å². The first kappa shape index (κ1) is 69.1. The van der Waals surface area contributed by atoms with E-state index in [2.05, 4.69) is 83.1 Å². The van der Waals surface area contributed by atoms with Gasteiger partial charge in [0.25, 0.3) is 0 Å². The highest BCUT2D eigenvalue weighted by atomic mass is 33.1. The Bertz CT molecular complexity index is 820. The van der Waals surface area contributed by atoms with Crippen molar-refractivity contribution in [1.82, 2.24) is 0 Å². The van der Waals surface area contributed by atoms with Gasteiger partial charge in [-0.15, -0.1) is 0 Å². The fourth-order valence-electron chi connectivity index (χ4n) is 6.49. The van der Waals surface area contributed by atoms with Crippen LogP contribution in [-0.2, 0) is 53.1 Å². The molecule has 0 amide bonds. The first-order valence-corrected chi connectivity index (χ1v) is 37.7. The van der Waals surface area contributed by atoms with Crippen LogP contribution in [0.2, 0.25) is 0 Å². The molecule has 0 saturated carbocycles. The highest BCUT2D eigenvalue weighted by Crippen LogP contribution is 2.49. The molecular formula is C50H110O12S2Si4. The highest BCUT2D eigenvalue weighted by molar-refractivity contribution is 8.78. The summed E-state index contributed by atoms with van der Waals surface area (Å²) in [7, 11) is -11.9. The van der Waals surface area contributed by atoms with Crippen LogP contribution in [0.5, 0.6) is 0 Å². The second kappa shape index (κ2) is 46.6. The van der Waals surface area contributed by atoms with Crippen molar-refractivity contribution in [3.63, 3.8) is 0 Å². The third kappa shape index (κ3) is 28.1. The molecular weight excluding hydrogens is 969 g/mol. The lowest BCUT2D eigenvalue weighted by Gasteiger charge is -2.45. The summed E-state index contributed by atoms with van der Waals surface area (Å²) in [5.74, 6) is 0. The summed E-state index contributed by atoms with van der Waals surface area (Å²) >= 11 is 0. The van der Waals surface area contributed by atoms with Crippen LogP contribution in [0.25, 0.3) is 0 Å². The van der Waals surface area contributed by atoms with E-state index in [9.17, 15) is 0 Å². The molecule has 0 heterocycles. The minimum Gasteiger partial charge on any atom is -0.373 e. The van der Waals surface area contributed by atoms with Crippen molar-refractivity contribution in [3.05, 3.63) is 0 Å². The van der Waals surface area contributed by atoms with Gasteiger partial charge in [0.1, 0.15) is 0 Å². The van der Waals surface area contributed by atoms with Crippen molar-refractivity contribution in [3.8, 4) is 0 Å². The second-order valence-corrected chi connectivity index (χ2v) is 33.7. The average Bonchev–Trinajstić information content (AvgIpc) is 3.33. The minimum absolute atomic E-state index is 0.494. The lowest BCUT2D eigenvalue weighted by Crippen LogP contribution is -2.72. The predicted molar refractivity (Wildman–Crippen MR) is 296 cm³/mol. The van der Waals surface area contributed by atoms with Gasteiger partial charge in [0.05, 0.1) is 0 Å². The summed E-state index contributed by atoms with van der Waals surface area (Å²) in [5.41, 5.74) is 0. The van der Waals surface area contributed by atoms with Gasteiger partial charge < -0.3 is 53.1 Å². The van der Waals surface area contributed by atoms with E-state index in [1.807, 2.05) is 0 Å². The normalized spacial score (nSPS) is 13.0. The van der Waals surface area contributed by atoms with Crippen molar-refractivity contribution >= 4 is 56.8 Å². The zero-order valence-corrected chi connectivity index (χ0v) is 52.0. The average molecular weight is 1080 g/mol. The SMILES string of the molecule is CCCCO[Si](OCCCC)(OCCCC)C(SSC([Si](OCCCC)(OCCCC)OCCCC)[Si](OCCCC)(OCCCC)OCCCC)[Si](OCCCC)(OCCCC)OCCCC. The van der Waals surface area contributed by atoms with E-state index >= 15 is 0 Å². The van der Waals surface area contributed by atoms with Crippen molar-refractivity contribution in [2.24, 2.45) is 0 Å². The maximum atomic E-state index is 7.32. The Labute approximate surface area is 433 Å². The van der Waals surface area contributed by atoms with Crippen molar-refractivity contribution in [1.29, 1.82) is 0 Å². The molecule has 0 saturated heterocycles. The van der Waals surface area contributed by atoms with Crippen LogP contribution >= 0.6 is 21.6 Å². The highest BCUT2D eigenvalue weighted by Gasteiger charge is 2.71. The van der Waals surface area contributed by atoms with E-state index in [1.54, 1.807) is 21.6 Å². The molecule has 0 fully saturated rings. The molecule has 0 radical (unpaired) electrons. The van der Waals surface area contributed by atoms with Gasteiger partial charge >= 0.3 is 35.2 Å². The lowest BCUT2D eigenvalue weighted by molar-refractivity contribution is 0.0289. The minimum atomic E-state index is -3.81. The molecule has 0 aromatic heterocycles. The lowest BCUT2D eigenvalue weighted by atomic mass is 10.4. The first-order chi connectivity index (χ1) is 33.2. The summed E-state index contributed by atoms with van der Waals surface area (Å²) in [4.78, 5) is 0. The molecule has 12 nitrogen and oxygen atoms in total. The van der Waals surface area contributed by atoms with E-state index in [4.69, 9.17) is 53.1 Å². The second-order valence-electron chi connectivity index (χ2n) is 17.8. The fraction of sp³-hybridized carbons (Fsp3) is 1.00. The Balaban J connectivity index is 9.09. The smallest absolute Gasteiger partial charge is 0.373 e. The molecule has 0 N–H and O–H groups in total. The molecule has 0 atom stereocenters. The third-order valence-electron chi connectivity index (χ3n) is 11.1. The van der Waals surface area contributed by atoms with Gasteiger partial charge in [-0.1, -0.05) is 182 Å². The van der Waals surface area contributed by atoms with Gasteiger partial charge in [0.2, 0.25) is 0 Å². The molecule has 0 rings (SSSR count). The van der Waals surface area contributed by atoms with Crippen LogP contribution in [0.4, 0.5) is 0 Å². The summed E-state index contributed by atoms with van der Waals surface area (Å²) in [6.07, 6.45) is 22.0.